The summed E-state index contributed by atoms with van der Waals surface area (Å²) in [6, 6.07) is 22.3. The van der Waals surface area contributed by atoms with E-state index in [-0.39, 0.29) is 0 Å². The van der Waals surface area contributed by atoms with Crippen molar-refractivity contribution in [2.45, 2.75) is 66.6 Å². The number of hydrogen-bond donors (Lipinski definition) is 0. The fraction of sp³-hybridized carbons (Fsp3) is 0.370. The predicted molar refractivity (Wildman–Crippen MR) is 124 cm³/mol. The van der Waals surface area contributed by atoms with E-state index in [9.17, 15) is 0 Å². The SMILES string of the molecule is CCc1cccc(CC)c1-c1ccc(CN(Cc2ccccc2)C(C)C)c(C)n1. The lowest BCUT2D eigenvalue weighted by atomic mass is 9.94. The second-order valence-corrected chi connectivity index (χ2v) is 8.08. The van der Waals surface area contributed by atoms with Crippen LogP contribution in [0.3, 0.4) is 0 Å². The molecule has 2 nitrogen and oxygen atoms in total. The maximum absolute atomic E-state index is 5.05. The Balaban J connectivity index is 1.88. The largest absolute Gasteiger partial charge is 0.292 e. The molecule has 1 aromatic heterocycles. The van der Waals surface area contributed by atoms with Gasteiger partial charge in [-0.25, -0.2) is 0 Å². The lowest BCUT2D eigenvalue weighted by molar-refractivity contribution is 0.203. The molecule has 0 atom stereocenters. The second kappa shape index (κ2) is 9.84. The van der Waals surface area contributed by atoms with Crippen molar-refractivity contribution in [2.75, 3.05) is 0 Å². The molecule has 0 bridgehead atoms. The van der Waals surface area contributed by atoms with Crippen LogP contribution in [0.2, 0.25) is 0 Å². The van der Waals surface area contributed by atoms with Gasteiger partial charge in [-0.3, -0.25) is 9.88 Å². The first-order valence-electron chi connectivity index (χ1n) is 10.9. The van der Waals surface area contributed by atoms with E-state index in [1.54, 1.807) is 0 Å². The topological polar surface area (TPSA) is 16.1 Å². The molecule has 3 aromatic rings. The minimum absolute atomic E-state index is 0.474. The molecule has 1 heterocycles. The first kappa shape index (κ1) is 21.3. The highest BCUT2D eigenvalue weighted by molar-refractivity contribution is 5.68. The van der Waals surface area contributed by atoms with E-state index in [4.69, 9.17) is 4.98 Å². The standard InChI is InChI=1S/C27H34N2/c1-6-23-14-11-15-24(7-2)27(23)26-17-16-25(21(5)28-26)19-29(20(3)4)18-22-12-9-8-10-13-22/h8-17,20H,6-7,18-19H2,1-5H3. The zero-order chi connectivity index (χ0) is 20.8. The van der Waals surface area contributed by atoms with Crippen molar-refractivity contribution in [3.63, 3.8) is 0 Å². The number of benzene rings is 2. The van der Waals surface area contributed by atoms with Gasteiger partial charge in [-0.15, -0.1) is 0 Å². The lowest BCUT2D eigenvalue weighted by Crippen LogP contribution is -2.30. The number of aromatic nitrogens is 1. The van der Waals surface area contributed by atoms with Gasteiger partial charge in [0.15, 0.2) is 0 Å². The van der Waals surface area contributed by atoms with E-state index in [1.165, 1.54) is 27.8 Å². The summed E-state index contributed by atoms with van der Waals surface area (Å²) < 4.78 is 0. The molecule has 0 fully saturated rings. The molecule has 2 aromatic carbocycles. The Morgan fingerprint density at radius 1 is 0.759 bits per heavy atom. The van der Waals surface area contributed by atoms with Crippen LogP contribution in [-0.4, -0.2) is 15.9 Å². The van der Waals surface area contributed by atoms with E-state index >= 15 is 0 Å². The highest BCUT2D eigenvalue weighted by Gasteiger charge is 2.15. The molecule has 0 aliphatic carbocycles. The molecule has 0 unspecified atom stereocenters. The first-order valence-corrected chi connectivity index (χ1v) is 10.9. The smallest absolute Gasteiger partial charge is 0.0710 e. The summed E-state index contributed by atoms with van der Waals surface area (Å²) in [6.07, 6.45) is 2.06. The van der Waals surface area contributed by atoms with Crippen molar-refractivity contribution < 1.29 is 0 Å². The third kappa shape index (κ3) is 5.13. The molecule has 0 spiro atoms. The third-order valence-electron chi connectivity index (χ3n) is 5.78. The van der Waals surface area contributed by atoms with Crippen molar-refractivity contribution in [3.8, 4) is 11.3 Å². The number of pyridine rings is 1. The molecule has 0 aliphatic rings. The van der Waals surface area contributed by atoms with Gasteiger partial charge in [-0.05, 0) is 61.9 Å². The van der Waals surface area contributed by atoms with E-state index in [2.05, 4.69) is 100 Å². The molecule has 29 heavy (non-hydrogen) atoms. The Morgan fingerprint density at radius 3 is 1.97 bits per heavy atom. The summed E-state index contributed by atoms with van der Waals surface area (Å²) in [5.41, 5.74) is 9.01. The van der Waals surface area contributed by atoms with Crippen LogP contribution in [-0.2, 0) is 25.9 Å². The Bertz CT molecular complexity index is 906. The maximum atomic E-state index is 5.05. The van der Waals surface area contributed by atoms with Crippen LogP contribution < -0.4 is 0 Å². The van der Waals surface area contributed by atoms with Crippen molar-refractivity contribution in [1.29, 1.82) is 0 Å². The van der Waals surface area contributed by atoms with Crippen LogP contribution >= 0.6 is 0 Å². The number of hydrogen-bond acceptors (Lipinski definition) is 2. The minimum atomic E-state index is 0.474. The van der Waals surface area contributed by atoms with Crippen LogP contribution in [0.5, 0.6) is 0 Å². The van der Waals surface area contributed by atoms with Gasteiger partial charge < -0.3 is 0 Å². The van der Waals surface area contributed by atoms with E-state index in [0.29, 0.717) is 6.04 Å². The van der Waals surface area contributed by atoms with Crippen molar-refractivity contribution in [2.24, 2.45) is 0 Å². The molecule has 152 valence electrons. The van der Waals surface area contributed by atoms with E-state index in [0.717, 1.165) is 37.3 Å². The van der Waals surface area contributed by atoms with Gasteiger partial charge in [0, 0.05) is 30.4 Å². The van der Waals surface area contributed by atoms with Gasteiger partial charge in [0.25, 0.3) is 0 Å². The predicted octanol–water partition coefficient (Wildman–Crippen LogP) is 6.59. The summed E-state index contributed by atoms with van der Waals surface area (Å²) >= 11 is 0. The molecule has 0 saturated carbocycles. The van der Waals surface area contributed by atoms with Crippen LogP contribution in [0.1, 0.15) is 55.6 Å². The average Bonchev–Trinajstić information content (AvgIpc) is 2.74. The van der Waals surface area contributed by atoms with Gasteiger partial charge in [-0.2, -0.15) is 0 Å². The van der Waals surface area contributed by atoms with Crippen molar-refractivity contribution >= 4 is 0 Å². The summed E-state index contributed by atoms with van der Waals surface area (Å²) in [5.74, 6) is 0. The number of nitrogens with zero attached hydrogens (tertiary/aromatic N) is 2. The summed E-state index contributed by atoms with van der Waals surface area (Å²) in [6.45, 7) is 13.0. The molecule has 2 heteroatoms. The average molecular weight is 387 g/mol. The normalized spacial score (nSPS) is 11.4. The molecular formula is C27H34N2. The number of rotatable bonds is 8. The quantitative estimate of drug-likeness (QED) is 0.434. The Kier molecular flexibility index (Phi) is 7.22. The van der Waals surface area contributed by atoms with Crippen LogP contribution in [0.25, 0.3) is 11.3 Å². The fourth-order valence-corrected chi connectivity index (χ4v) is 3.93. The Labute approximate surface area is 176 Å². The molecule has 0 aliphatic heterocycles. The fourth-order valence-electron chi connectivity index (χ4n) is 3.93. The second-order valence-electron chi connectivity index (χ2n) is 8.08. The monoisotopic (exact) mass is 386 g/mol. The van der Waals surface area contributed by atoms with E-state index < -0.39 is 0 Å². The first-order chi connectivity index (χ1) is 14.0. The van der Waals surface area contributed by atoms with Crippen molar-refractivity contribution in [3.05, 3.63) is 88.6 Å². The summed E-state index contributed by atoms with van der Waals surface area (Å²) in [5, 5.41) is 0. The van der Waals surface area contributed by atoms with Gasteiger partial charge in [0.05, 0.1) is 5.69 Å². The lowest BCUT2D eigenvalue weighted by Gasteiger charge is -2.27. The van der Waals surface area contributed by atoms with Crippen LogP contribution in [0.4, 0.5) is 0 Å². The van der Waals surface area contributed by atoms with Gasteiger partial charge >= 0.3 is 0 Å². The molecule has 3 rings (SSSR count). The zero-order valence-electron chi connectivity index (χ0n) is 18.6. The summed E-state index contributed by atoms with van der Waals surface area (Å²) in [7, 11) is 0. The highest BCUT2D eigenvalue weighted by atomic mass is 15.1. The van der Waals surface area contributed by atoms with Gasteiger partial charge in [0.2, 0.25) is 0 Å². The van der Waals surface area contributed by atoms with Crippen LogP contribution in [0.15, 0.2) is 60.7 Å². The number of aryl methyl sites for hydroxylation is 3. The van der Waals surface area contributed by atoms with Crippen molar-refractivity contribution in [1.82, 2.24) is 9.88 Å². The molecule has 0 amide bonds. The van der Waals surface area contributed by atoms with Gasteiger partial charge in [0.1, 0.15) is 0 Å². The highest BCUT2D eigenvalue weighted by Crippen LogP contribution is 2.29. The Hall–Kier alpha value is -2.45. The molecule has 0 saturated heterocycles. The Morgan fingerprint density at radius 2 is 1.41 bits per heavy atom. The molecular weight excluding hydrogens is 352 g/mol. The van der Waals surface area contributed by atoms with E-state index in [1.807, 2.05) is 0 Å². The summed E-state index contributed by atoms with van der Waals surface area (Å²) in [4.78, 5) is 7.56. The molecule has 0 radical (unpaired) electrons. The maximum Gasteiger partial charge on any atom is 0.0710 e. The van der Waals surface area contributed by atoms with Crippen LogP contribution in [0, 0.1) is 6.92 Å². The van der Waals surface area contributed by atoms with Gasteiger partial charge in [-0.1, -0.05) is 68.4 Å². The zero-order valence-corrected chi connectivity index (χ0v) is 18.6. The third-order valence-corrected chi connectivity index (χ3v) is 5.78. The minimum Gasteiger partial charge on any atom is -0.292 e. The molecule has 0 N–H and O–H groups in total.